The molecule has 0 radical (unpaired) electrons. The molecule has 0 unspecified atom stereocenters. The van der Waals surface area contributed by atoms with Gasteiger partial charge in [-0.2, -0.15) is 4.31 Å². The molecule has 0 aliphatic carbocycles. The Morgan fingerprint density at radius 3 is 2.76 bits per heavy atom. The number of nitrogens with zero attached hydrogens (tertiary/aromatic N) is 2. The molecule has 1 fully saturated rings. The quantitative estimate of drug-likeness (QED) is 0.864. The third-order valence-electron chi connectivity index (χ3n) is 4.35. The third kappa shape index (κ3) is 4.26. The molecule has 1 aliphatic heterocycles. The van der Waals surface area contributed by atoms with Gasteiger partial charge in [0.25, 0.3) is 5.91 Å². The van der Waals surface area contributed by atoms with Crippen molar-refractivity contribution < 1.29 is 13.2 Å². The van der Waals surface area contributed by atoms with Crippen molar-refractivity contribution in [3.63, 3.8) is 0 Å². The molecule has 3 heterocycles. The van der Waals surface area contributed by atoms with E-state index in [-0.39, 0.29) is 10.8 Å². The van der Waals surface area contributed by atoms with Gasteiger partial charge in [-0.1, -0.05) is 0 Å². The lowest BCUT2D eigenvalue weighted by Gasteiger charge is -2.31. The number of aromatic nitrogens is 1. The molecule has 0 bridgehead atoms. The minimum atomic E-state index is -3.47. The zero-order valence-electron chi connectivity index (χ0n) is 14.0. The monoisotopic (exact) mass is 379 g/mol. The van der Waals surface area contributed by atoms with Gasteiger partial charge in [0.15, 0.2) is 0 Å². The normalized spacial score (nSPS) is 16.7. The summed E-state index contributed by atoms with van der Waals surface area (Å²) in [5, 5.41) is 4.92. The van der Waals surface area contributed by atoms with Crippen molar-refractivity contribution in [2.75, 3.05) is 19.6 Å². The number of carbonyl (C=O) groups excluding carboxylic acids is 1. The van der Waals surface area contributed by atoms with E-state index in [2.05, 4.69) is 10.3 Å². The average Bonchev–Trinajstić information content (AvgIpc) is 3.07. The van der Waals surface area contributed by atoms with Gasteiger partial charge in [-0.05, 0) is 54.8 Å². The van der Waals surface area contributed by atoms with E-state index < -0.39 is 10.0 Å². The van der Waals surface area contributed by atoms with E-state index in [0.29, 0.717) is 30.4 Å². The Bertz CT molecular complexity index is 826. The standard InChI is InChI=1S/C17H21N3O3S2/c1-13-9-16(24-12-13)17(21)19-10-14-4-7-20(8-5-14)25(22,23)15-3-2-6-18-11-15/h2-3,6,9,11-12,14H,4-5,7-8,10H2,1H3,(H,19,21). The topological polar surface area (TPSA) is 79.4 Å². The summed E-state index contributed by atoms with van der Waals surface area (Å²) in [4.78, 5) is 16.9. The van der Waals surface area contributed by atoms with Gasteiger partial charge in [0, 0.05) is 32.0 Å². The van der Waals surface area contributed by atoms with Crippen LogP contribution in [-0.4, -0.2) is 43.2 Å². The highest BCUT2D eigenvalue weighted by atomic mass is 32.2. The minimum absolute atomic E-state index is 0.0523. The molecule has 0 saturated carbocycles. The van der Waals surface area contributed by atoms with Crippen LogP contribution in [-0.2, 0) is 10.0 Å². The Labute approximate surface area is 151 Å². The molecule has 25 heavy (non-hydrogen) atoms. The van der Waals surface area contributed by atoms with E-state index in [0.717, 1.165) is 18.4 Å². The summed E-state index contributed by atoms with van der Waals surface area (Å²) in [7, 11) is -3.47. The van der Waals surface area contributed by atoms with Crippen molar-refractivity contribution in [2.24, 2.45) is 5.92 Å². The first-order chi connectivity index (χ1) is 12.0. The van der Waals surface area contributed by atoms with Crippen molar-refractivity contribution >= 4 is 27.3 Å². The number of sulfonamides is 1. The van der Waals surface area contributed by atoms with Gasteiger partial charge >= 0.3 is 0 Å². The third-order valence-corrected chi connectivity index (χ3v) is 7.28. The number of hydrogen-bond acceptors (Lipinski definition) is 5. The van der Waals surface area contributed by atoms with Crippen molar-refractivity contribution in [1.82, 2.24) is 14.6 Å². The average molecular weight is 380 g/mol. The summed E-state index contributed by atoms with van der Waals surface area (Å²) >= 11 is 1.44. The van der Waals surface area contributed by atoms with Crippen LogP contribution in [0.25, 0.3) is 0 Å². The van der Waals surface area contributed by atoms with E-state index >= 15 is 0 Å². The van der Waals surface area contributed by atoms with E-state index in [1.165, 1.54) is 21.8 Å². The van der Waals surface area contributed by atoms with E-state index in [1.54, 1.807) is 18.3 Å². The van der Waals surface area contributed by atoms with E-state index in [4.69, 9.17) is 0 Å². The van der Waals surface area contributed by atoms with Crippen LogP contribution in [0.3, 0.4) is 0 Å². The summed E-state index contributed by atoms with van der Waals surface area (Å²) in [5.41, 5.74) is 1.09. The Morgan fingerprint density at radius 1 is 1.40 bits per heavy atom. The van der Waals surface area contributed by atoms with Crippen LogP contribution < -0.4 is 5.32 Å². The van der Waals surface area contributed by atoms with Crippen molar-refractivity contribution in [3.05, 3.63) is 46.4 Å². The number of rotatable bonds is 5. The van der Waals surface area contributed by atoms with Gasteiger partial charge in [-0.3, -0.25) is 9.78 Å². The summed E-state index contributed by atoms with van der Waals surface area (Å²) in [6.07, 6.45) is 4.42. The number of aryl methyl sites for hydroxylation is 1. The van der Waals surface area contributed by atoms with Gasteiger partial charge in [0.1, 0.15) is 4.90 Å². The molecule has 3 rings (SSSR count). The first-order valence-corrected chi connectivity index (χ1v) is 10.5. The fourth-order valence-corrected chi connectivity index (χ4v) is 5.13. The fraction of sp³-hybridized carbons (Fsp3) is 0.412. The van der Waals surface area contributed by atoms with Crippen molar-refractivity contribution in [1.29, 1.82) is 0 Å². The summed E-state index contributed by atoms with van der Waals surface area (Å²) in [6, 6.07) is 5.07. The SMILES string of the molecule is Cc1csc(C(=O)NCC2CCN(S(=O)(=O)c3cccnc3)CC2)c1. The Hall–Kier alpha value is -1.77. The van der Waals surface area contributed by atoms with Gasteiger partial charge in [0.05, 0.1) is 4.88 Å². The van der Waals surface area contributed by atoms with Crippen LogP contribution in [0.15, 0.2) is 40.9 Å². The van der Waals surface area contributed by atoms with Gasteiger partial charge < -0.3 is 5.32 Å². The largest absolute Gasteiger partial charge is 0.351 e. The zero-order chi connectivity index (χ0) is 17.9. The summed E-state index contributed by atoms with van der Waals surface area (Å²) < 4.78 is 26.6. The molecule has 8 heteroatoms. The van der Waals surface area contributed by atoms with Crippen LogP contribution in [0.4, 0.5) is 0 Å². The lowest BCUT2D eigenvalue weighted by molar-refractivity contribution is 0.0945. The second-order valence-corrected chi connectivity index (χ2v) is 9.08. The number of nitrogens with one attached hydrogen (secondary N) is 1. The summed E-state index contributed by atoms with van der Waals surface area (Å²) in [5.74, 6) is 0.244. The maximum absolute atomic E-state index is 12.6. The Kier molecular flexibility index (Phi) is 5.51. The lowest BCUT2D eigenvalue weighted by atomic mass is 9.98. The molecule has 0 aromatic carbocycles. The molecule has 1 saturated heterocycles. The van der Waals surface area contributed by atoms with Crippen LogP contribution in [0.5, 0.6) is 0 Å². The summed E-state index contributed by atoms with van der Waals surface area (Å²) in [6.45, 7) is 3.48. The minimum Gasteiger partial charge on any atom is -0.351 e. The Morgan fingerprint density at radius 2 is 2.16 bits per heavy atom. The maximum atomic E-state index is 12.6. The second kappa shape index (κ2) is 7.63. The van der Waals surface area contributed by atoms with Crippen LogP contribution in [0, 0.1) is 12.8 Å². The van der Waals surface area contributed by atoms with E-state index in [1.807, 2.05) is 18.4 Å². The smallest absolute Gasteiger partial charge is 0.261 e. The first kappa shape index (κ1) is 18.0. The molecule has 2 aromatic rings. The van der Waals surface area contributed by atoms with Gasteiger partial charge in [-0.25, -0.2) is 8.42 Å². The first-order valence-electron chi connectivity index (χ1n) is 8.20. The molecular weight excluding hydrogens is 358 g/mol. The molecule has 0 atom stereocenters. The predicted octanol–water partition coefficient (Wildman–Crippen LogP) is 2.28. The molecule has 1 N–H and O–H groups in total. The molecule has 1 amide bonds. The van der Waals surface area contributed by atoms with E-state index in [9.17, 15) is 13.2 Å². The molecular formula is C17H21N3O3S2. The molecule has 6 nitrogen and oxygen atoms in total. The van der Waals surface area contributed by atoms with Crippen molar-refractivity contribution in [3.8, 4) is 0 Å². The highest BCUT2D eigenvalue weighted by Gasteiger charge is 2.29. The van der Waals surface area contributed by atoms with Gasteiger partial charge in [0.2, 0.25) is 10.0 Å². The second-order valence-electron chi connectivity index (χ2n) is 6.23. The number of hydrogen-bond donors (Lipinski definition) is 1. The number of carbonyl (C=O) groups is 1. The number of thiophene rings is 1. The molecule has 1 aliphatic rings. The van der Waals surface area contributed by atoms with Crippen molar-refractivity contribution in [2.45, 2.75) is 24.7 Å². The fourth-order valence-electron chi connectivity index (χ4n) is 2.88. The maximum Gasteiger partial charge on any atom is 0.261 e. The van der Waals surface area contributed by atoms with Gasteiger partial charge in [-0.15, -0.1) is 11.3 Å². The van der Waals surface area contributed by atoms with Crippen LogP contribution in [0.2, 0.25) is 0 Å². The number of amides is 1. The van der Waals surface area contributed by atoms with Crippen LogP contribution in [0.1, 0.15) is 28.1 Å². The van der Waals surface area contributed by atoms with Crippen LogP contribution >= 0.6 is 11.3 Å². The Balaban J connectivity index is 1.51. The number of pyridine rings is 1. The zero-order valence-corrected chi connectivity index (χ0v) is 15.6. The molecule has 2 aromatic heterocycles. The number of piperidine rings is 1. The predicted molar refractivity (Wildman–Crippen MR) is 97.1 cm³/mol. The molecule has 0 spiro atoms. The molecule has 134 valence electrons. The highest BCUT2D eigenvalue weighted by Crippen LogP contribution is 2.23. The lowest BCUT2D eigenvalue weighted by Crippen LogP contribution is -2.41. The highest BCUT2D eigenvalue weighted by molar-refractivity contribution is 7.89.